The summed E-state index contributed by atoms with van der Waals surface area (Å²) in [5.74, 6) is 1.05. The predicted molar refractivity (Wildman–Crippen MR) is 67.7 cm³/mol. The van der Waals surface area contributed by atoms with Crippen molar-refractivity contribution in [2.45, 2.75) is 12.8 Å². The molecule has 0 atom stereocenters. The van der Waals surface area contributed by atoms with Crippen LogP contribution in [0, 0.1) is 5.92 Å². The summed E-state index contributed by atoms with van der Waals surface area (Å²) < 4.78 is 10.5. The second-order valence-electron chi connectivity index (χ2n) is 4.12. The van der Waals surface area contributed by atoms with Gasteiger partial charge in [0.25, 0.3) is 0 Å². The smallest absolute Gasteiger partial charge is 0.344 e. The minimum atomic E-state index is -3.94. The van der Waals surface area contributed by atoms with E-state index in [2.05, 4.69) is 5.32 Å². The second-order valence-corrected chi connectivity index (χ2v) is 7.97. The van der Waals surface area contributed by atoms with Gasteiger partial charge in [-0.05, 0) is 30.1 Å². The number of rotatable bonds is 10. The highest BCUT2D eigenvalue weighted by atomic mass is 32.7. The Kier molecular flexibility index (Phi) is 6.51. The standard InChI is InChI=1S/C9H19N2O4PS/c12-8-11(7-9-1-2-9)5-3-10-4-6-17-16(13,14)15/h8-10H,1-7H2,(H2,13,14,15). The highest BCUT2D eigenvalue weighted by Gasteiger charge is 2.23. The Morgan fingerprint density at radius 3 is 2.65 bits per heavy atom. The molecule has 0 spiro atoms. The monoisotopic (exact) mass is 282 g/mol. The van der Waals surface area contributed by atoms with Crippen molar-refractivity contribution in [1.29, 1.82) is 0 Å². The molecule has 0 aromatic heterocycles. The summed E-state index contributed by atoms with van der Waals surface area (Å²) >= 11 is 0.640. The molecule has 17 heavy (non-hydrogen) atoms. The molecule has 3 N–H and O–H groups in total. The van der Waals surface area contributed by atoms with Gasteiger partial charge in [0.1, 0.15) is 0 Å². The van der Waals surface area contributed by atoms with E-state index >= 15 is 0 Å². The van der Waals surface area contributed by atoms with Crippen molar-refractivity contribution >= 4 is 24.6 Å². The van der Waals surface area contributed by atoms with Crippen LogP contribution in [0.25, 0.3) is 0 Å². The Bertz CT molecular complexity index is 282. The summed E-state index contributed by atoms with van der Waals surface area (Å²) in [6, 6.07) is 0. The van der Waals surface area contributed by atoms with Crippen LogP contribution >= 0.6 is 18.2 Å². The predicted octanol–water partition coefficient (Wildman–Crippen LogP) is 0.270. The Morgan fingerprint density at radius 2 is 2.12 bits per heavy atom. The van der Waals surface area contributed by atoms with Crippen LogP contribution in [0.15, 0.2) is 0 Å². The molecule has 0 aliphatic heterocycles. The van der Waals surface area contributed by atoms with E-state index in [-0.39, 0.29) is 0 Å². The summed E-state index contributed by atoms with van der Waals surface area (Å²) in [4.78, 5) is 29.7. The zero-order chi connectivity index (χ0) is 12.7. The average molecular weight is 282 g/mol. The van der Waals surface area contributed by atoms with Gasteiger partial charge in [0.15, 0.2) is 0 Å². The van der Waals surface area contributed by atoms with E-state index in [1.807, 2.05) is 0 Å². The summed E-state index contributed by atoms with van der Waals surface area (Å²) in [6.07, 6.45) is 3.30. The summed E-state index contributed by atoms with van der Waals surface area (Å²) in [6.45, 7) is -1.26. The maximum atomic E-state index is 10.7. The fourth-order valence-corrected chi connectivity index (χ4v) is 2.86. The van der Waals surface area contributed by atoms with Crippen LogP contribution in [0.4, 0.5) is 0 Å². The Hall–Kier alpha value is -0.0700. The number of carbonyl (C=O) groups is 1. The van der Waals surface area contributed by atoms with E-state index < -0.39 is 6.80 Å². The van der Waals surface area contributed by atoms with Gasteiger partial charge in [-0.3, -0.25) is 4.79 Å². The lowest BCUT2D eigenvalue weighted by Crippen LogP contribution is -2.33. The topological polar surface area (TPSA) is 89.9 Å². The second kappa shape index (κ2) is 7.38. The first-order valence-electron chi connectivity index (χ1n) is 5.61. The van der Waals surface area contributed by atoms with Crippen molar-refractivity contribution in [3.8, 4) is 0 Å². The molecular formula is C9H19N2O4PS. The van der Waals surface area contributed by atoms with Gasteiger partial charge < -0.3 is 20.0 Å². The molecule has 100 valence electrons. The van der Waals surface area contributed by atoms with Crippen LogP contribution in [0.2, 0.25) is 0 Å². The van der Waals surface area contributed by atoms with E-state index in [1.54, 1.807) is 4.90 Å². The SMILES string of the molecule is O=CN(CCNCCSP(=O)(O)O)CC1CC1. The van der Waals surface area contributed by atoms with Crippen LogP contribution in [-0.4, -0.2) is 53.0 Å². The largest absolute Gasteiger partial charge is 0.384 e. The fourth-order valence-electron chi connectivity index (χ4n) is 1.40. The molecule has 1 rings (SSSR count). The summed E-state index contributed by atoms with van der Waals surface area (Å²) in [5, 5.41) is 3.05. The van der Waals surface area contributed by atoms with Crippen molar-refractivity contribution in [2.24, 2.45) is 5.92 Å². The minimum absolute atomic E-state index is 0.369. The van der Waals surface area contributed by atoms with Crippen LogP contribution < -0.4 is 5.32 Å². The third-order valence-corrected chi connectivity index (χ3v) is 4.73. The van der Waals surface area contributed by atoms with Gasteiger partial charge in [-0.1, -0.05) is 0 Å². The molecule has 0 aromatic carbocycles. The maximum absolute atomic E-state index is 10.7. The van der Waals surface area contributed by atoms with Crippen molar-refractivity contribution in [2.75, 3.05) is 31.9 Å². The van der Waals surface area contributed by atoms with Crippen LogP contribution in [0.1, 0.15) is 12.8 Å². The molecule has 1 saturated carbocycles. The number of amides is 1. The van der Waals surface area contributed by atoms with E-state index in [4.69, 9.17) is 9.79 Å². The lowest BCUT2D eigenvalue weighted by Gasteiger charge is -2.17. The molecule has 0 saturated heterocycles. The Labute approximate surface area is 105 Å². The van der Waals surface area contributed by atoms with Crippen LogP contribution in [0.3, 0.4) is 0 Å². The molecule has 0 aromatic rings. The van der Waals surface area contributed by atoms with Gasteiger partial charge in [0.05, 0.1) is 0 Å². The van der Waals surface area contributed by atoms with Gasteiger partial charge in [-0.2, -0.15) is 0 Å². The molecular weight excluding hydrogens is 263 g/mol. The molecule has 0 bridgehead atoms. The molecule has 0 radical (unpaired) electrons. The number of nitrogens with zero attached hydrogens (tertiary/aromatic N) is 1. The average Bonchev–Trinajstić information content (AvgIpc) is 3.03. The highest BCUT2D eigenvalue weighted by molar-refractivity contribution is 8.54. The molecule has 0 unspecified atom stereocenters. The molecule has 1 amide bonds. The molecule has 8 heteroatoms. The lowest BCUT2D eigenvalue weighted by atomic mass is 10.4. The first kappa shape index (κ1) is 15.0. The quantitative estimate of drug-likeness (QED) is 0.303. The third-order valence-electron chi connectivity index (χ3n) is 2.45. The molecule has 1 aliphatic rings. The zero-order valence-electron chi connectivity index (χ0n) is 9.62. The number of hydrogen-bond donors (Lipinski definition) is 3. The zero-order valence-corrected chi connectivity index (χ0v) is 11.3. The van der Waals surface area contributed by atoms with Gasteiger partial charge in [0, 0.05) is 31.9 Å². The Morgan fingerprint density at radius 1 is 1.41 bits per heavy atom. The summed E-state index contributed by atoms with van der Waals surface area (Å²) in [5.41, 5.74) is 0. The minimum Gasteiger partial charge on any atom is -0.344 e. The van der Waals surface area contributed by atoms with Gasteiger partial charge >= 0.3 is 6.80 Å². The van der Waals surface area contributed by atoms with Crippen molar-refractivity contribution < 1.29 is 19.1 Å². The molecule has 6 nitrogen and oxygen atoms in total. The van der Waals surface area contributed by atoms with E-state index in [0.717, 1.165) is 13.0 Å². The Balaban J connectivity index is 1.94. The molecule has 0 heterocycles. The third kappa shape index (κ3) is 8.63. The van der Waals surface area contributed by atoms with Crippen molar-refractivity contribution in [3.63, 3.8) is 0 Å². The van der Waals surface area contributed by atoms with Gasteiger partial charge in [-0.15, -0.1) is 0 Å². The number of carbonyl (C=O) groups excluding carboxylic acids is 1. The first-order valence-corrected chi connectivity index (χ1v) is 8.82. The normalized spacial score (nSPS) is 15.9. The van der Waals surface area contributed by atoms with Crippen LogP contribution in [-0.2, 0) is 9.36 Å². The lowest BCUT2D eigenvalue weighted by molar-refractivity contribution is -0.118. The maximum Gasteiger partial charge on any atom is 0.384 e. The van der Waals surface area contributed by atoms with Crippen molar-refractivity contribution in [1.82, 2.24) is 10.2 Å². The number of nitrogens with one attached hydrogen (secondary N) is 1. The summed E-state index contributed by atoms with van der Waals surface area (Å²) in [7, 11) is 0. The van der Waals surface area contributed by atoms with E-state index in [9.17, 15) is 9.36 Å². The number of hydrogen-bond acceptors (Lipinski definition) is 4. The van der Waals surface area contributed by atoms with Gasteiger partial charge in [0.2, 0.25) is 6.41 Å². The van der Waals surface area contributed by atoms with Gasteiger partial charge in [-0.25, -0.2) is 4.57 Å². The fraction of sp³-hybridized carbons (Fsp3) is 0.889. The van der Waals surface area contributed by atoms with Crippen molar-refractivity contribution in [3.05, 3.63) is 0 Å². The van der Waals surface area contributed by atoms with E-state index in [1.165, 1.54) is 12.8 Å². The molecule has 1 aliphatic carbocycles. The molecule has 1 fully saturated rings. The van der Waals surface area contributed by atoms with Crippen LogP contribution in [0.5, 0.6) is 0 Å². The first-order chi connectivity index (χ1) is 8.01. The highest BCUT2D eigenvalue weighted by Crippen LogP contribution is 2.49. The van der Waals surface area contributed by atoms with E-state index in [0.29, 0.717) is 42.7 Å².